The summed E-state index contributed by atoms with van der Waals surface area (Å²) in [6.45, 7) is 1.56. The van der Waals surface area contributed by atoms with Gasteiger partial charge in [0.05, 0.1) is 9.83 Å². The maximum atomic E-state index is 12.6. The lowest BCUT2D eigenvalue weighted by Crippen LogP contribution is -2.37. The van der Waals surface area contributed by atoms with E-state index in [-0.39, 0.29) is 24.3 Å². The highest BCUT2D eigenvalue weighted by atomic mass is 32.2. The van der Waals surface area contributed by atoms with Gasteiger partial charge in [0.1, 0.15) is 5.69 Å². The van der Waals surface area contributed by atoms with Crippen molar-refractivity contribution in [3.05, 3.63) is 74.7 Å². The number of hydrogen-bond donors (Lipinski definition) is 1. The minimum absolute atomic E-state index is 0.0104. The summed E-state index contributed by atoms with van der Waals surface area (Å²) in [5, 5.41) is 13.8. The molecule has 2 heterocycles. The SMILES string of the molecule is O=C(NCCN1C(=O)S/C(=C\c2ccccc2)C1=O)c1ccc(N2CCCC2)c([N+](=O)[O-])c1. The average Bonchev–Trinajstić information content (AvgIpc) is 3.44. The van der Waals surface area contributed by atoms with Gasteiger partial charge in [0.25, 0.3) is 22.7 Å². The van der Waals surface area contributed by atoms with Crippen molar-refractivity contribution in [1.82, 2.24) is 10.2 Å². The Kier molecular flexibility index (Phi) is 6.74. The van der Waals surface area contributed by atoms with Crippen molar-refractivity contribution in [2.45, 2.75) is 12.8 Å². The van der Waals surface area contributed by atoms with Crippen LogP contribution in [0.5, 0.6) is 0 Å². The quantitative estimate of drug-likeness (QED) is 0.376. The van der Waals surface area contributed by atoms with Crippen LogP contribution in [0.4, 0.5) is 16.2 Å². The first-order valence-corrected chi connectivity index (χ1v) is 11.4. The van der Waals surface area contributed by atoms with E-state index in [4.69, 9.17) is 0 Å². The van der Waals surface area contributed by atoms with E-state index in [1.54, 1.807) is 18.2 Å². The van der Waals surface area contributed by atoms with Crippen LogP contribution in [0.2, 0.25) is 0 Å². The van der Waals surface area contributed by atoms with E-state index in [1.165, 1.54) is 6.07 Å². The number of anilines is 1. The summed E-state index contributed by atoms with van der Waals surface area (Å²) < 4.78 is 0. The number of nitro benzene ring substituents is 1. The van der Waals surface area contributed by atoms with E-state index in [1.807, 2.05) is 35.2 Å². The summed E-state index contributed by atoms with van der Waals surface area (Å²) in [5.41, 5.74) is 1.37. The van der Waals surface area contributed by atoms with Crippen molar-refractivity contribution in [2.24, 2.45) is 0 Å². The lowest BCUT2D eigenvalue weighted by Gasteiger charge is -2.18. The first-order valence-electron chi connectivity index (χ1n) is 10.6. The topological polar surface area (TPSA) is 113 Å². The number of carbonyl (C=O) groups excluding carboxylic acids is 3. The highest BCUT2D eigenvalue weighted by molar-refractivity contribution is 8.18. The van der Waals surface area contributed by atoms with Crippen molar-refractivity contribution >= 4 is 46.3 Å². The molecule has 2 aliphatic rings. The molecule has 170 valence electrons. The maximum absolute atomic E-state index is 12.6. The number of carbonyl (C=O) groups is 3. The number of hydrogen-bond acceptors (Lipinski definition) is 7. The van der Waals surface area contributed by atoms with Crippen molar-refractivity contribution in [1.29, 1.82) is 0 Å². The molecule has 1 N–H and O–H groups in total. The summed E-state index contributed by atoms with van der Waals surface area (Å²) in [6.07, 6.45) is 3.62. The van der Waals surface area contributed by atoms with E-state index in [0.717, 1.165) is 48.2 Å². The van der Waals surface area contributed by atoms with Crippen molar-refractivity contribution in [3.63, 3.8) is 0 Å². The molecule has 0 atom stereocenters. The molecule has 4 rings (SSSR count). The van der Waals surface area contributed by atoms with Crippen LogP contribution >= 0.6 is 11.8 Å². The number of benzene rings is 2. The van der Waals surface area contributed by atoms with Gasteiger partial charge in [-0.05, 0) is 48.4 Å². The Morgan fingerprint density at radius 1 is 1.12 bits per heavy atom. The Morgan fingerprint density at radius 3 is 2.55 bits per heavy atom. The zero-order valence-electron chi connectivity index (χ0n) is 17.7. The van der Waals surface area contributed by atoms with Gasteiger partial charge in [0.2, 0.25) is 0 Å². The van der Waals surface area contributed by atoms with Gasteiger partial charge in [0, 0.05) is 37.8 Å². The third-order valence-corrected chi connectivity index (χ3v) is 6.38. The molecule has 33 heavy (non-hydrogen) atoms. The van der Waals surface area contributed by atoms with Crippen LogP contribution in [-0.2, 0) is 4.79 Å². The lowest BCUT2D eigenvalue weighted by molar-refractivity contribution is -0.384. The smallest absolute Gasteiger partial charge is 0.293 e. The highest BCUT2D eigenvalue weighted by Gasteiger charge is 2.34. The fraction of sp³-hybridized carbons (Fsp3) is 0.261. The number of thioether (sulfide) groups is 1. The van der Waals surface area contributed by atoms with Gasteiger partial charge >= 0.3 is 0 Å². The molecule has 0 unspecified atom stereocenters. The summed E-state index contributed by atoms with van der Waals surface area (Å²) in [5.74, 6) is -0.911. The molecule has 2 fully saturated rings. The fourth-order valence-corrected chi connectivity index (χ4v) is 4.68. The second-order valence-electron chi connectivity index (χ2n) is 7.65. The molecule has 2 aliphatic heterocycles. The molecular formula is C23H22N4O5S. The molecule has 2 aromatic rings. The van der Waals surface area contributed by atoms with E-state index >= 15 is 0 Å². The Labute approximate surface area is 194 Å². The van der Waals surface area contributed by atoms with Crippen LogP contribution in [0.15, 0.2) is 53.4 Å². The first kappa shape index (κ1) is 22.5. The summed E-state index contributed by atoms with van der Waals surface area (Å²) in [6, 6.07) is 13.6. The second-order valence-corrected chi connectivity index (χ2v) is 8.65. The van der Waals surface area contributed by atoms with Crippen LogP contribution in [0.3, 0.4) is 0 Å². The zero-order valence-corrected chi connectivity index (χ0v) is 18.5. The van der Waals surface area contributed by atoms with E-state index < -0.39 is 22.0 Å². The molecule has 0 aromatic heterocycles. The number of nitrogens with zero attached hydrogens (tertiary/aromatic N) is 3. The molecule has 2 aromatic carbocycles. The maximum Gasteiger partial charge on any atom is 0.293 e. The largest absolute Gasteiger partial charge is 0.366 e. The minimum atomic E-state index is -0.502. The molecule has 9 nitrogen and oxygen atoms in total. The molecule has 2 saturated heterocycles. The Hall–Kier alpha value is -3.66. The predicted molar refractivity (Wildman–Crippen MR) is 126 cm³/mol. The molecule has 0 saturated carbocycles. The van der Waals surface area contributed by atoms with E-state index in [2.05, 4.69) is 5.32 Å². The Balaban J connectivity index is 1.38. The zero-order chi connectivity index (χ0) is 23.4. The van der Waals surface area contributed by atoms with Crippen molar-refractivity contribution < 1.29 is 19.3 Å². The number of nitrogens with one attached hydrogen (secondary N) is 1. The van der Waals surface area contributed by atoms with Crippen LogP contribution in [0.1, 0.15) is 28.8 Å². The molecule has 3 amide bonds. The van der Waals surface area contributed by atoms with Gasteiger partial charge in [-0.1, -0.05) is 30.3 Å². The van der Waals surface area contributed by atoms with Crippen LogP contribution < -0.4 is 10.2 Å². The molecule has 0 spiro atoms. The molecule has 0 aliphatic carbocycles. The van der Waals surface area contributed by atoms with Crippen LogP contribution in [-0.4, -0.2) is 53.1 Å². The van der Waals surface area contributed by atoms with Gasteiger partial charge in [-0.15, -0.1) is 0 Å². The van der Waals surface area contributed by atoms with Gasteiger partial charge in [0.15, 0.2) is 0 Å². The van der Waals surface area contributed by atoms with Crippen molar-refractivity contribution in [2.75, 3.05) is 31.1 Å². The molecule has 0 bridgehead atoms. The second kappa shape index (κ2) is 9.86. The van der Waals surface area contributed by atoms with Crippen LogP contribution in [0, 0.1) is 10.1 Å². The summed E-state index contributed by atoms with van der Waals surface area (Å²) in [4.78, 5) is 51.8. The number of imide groups is 1. The van der Waals surface area contributed by atoms with Gasteiger partial charge in [-0.2, -0.15) is 0 Å². The van der Waals surface area contributed by atoms with Gasteiger partial charge in [-0.3, -0.25) is 29.4 Å². The highest BCUT2D eigenvalue weighted by Crippen LogP contribution is 2.33. The summed E-state index contributed by atoms with van der Waals surface area (Å²) >= 11 is 0.857. The first-order chi connectivity index (χ1) is 15.9. The minimum Gasteiger partial charge on any atom is -0.366 e. The number of nitro groups is 1. The third-order valence-electron chi connectivity index (χ3n) is 5.47. The lowest BCUT2D eigenvalue weighted by atomic mass is 10.1. The van der Waals surface area contributed by atoms with Gasteiger partial charge in [-0.25, -0.2) is 0 Å². The monoisotopic (exact) mass is 466 g/mol. The van der Waals surface area contributed by atoms with Crippen molar-refractivity contribution in [3.8, 4) is 0 Å². The van der Waals surface area contributed by atoms with E-state index in [9.17, 15) is 24.5 Å². The predicted octanol–water partition coefficient (Wildman–Crippen LogP) is 3.66. The number of amides is 3. The van der Waals surface area contributed by atoms with Crippen LogP contribution in [0.25, 0.3) is 6.08 Å². The summed E-state index contributed by atoms with van der Waals surface area (Å²) in [7, 11) is 0. The standard InChI is InChI=1S/C23H22N4O5S/c28-21(17-8-9-18(19(15-17)27(31)32)25-11-4-5-12-25)24-10-13-26-22(29)20(33-23(26)30)14-16-6-2-1-3-7-16/h1-3,6-9,14-15H,4-5,10-13H2,(H,24,28)/b20-14-. The number of rotatable bonds is 7. The van der Waals surface area contributed by atoms with Gasteiger partial charge < -0.3 is 10.2 Å². The molecule has 10 heteroatoms. The van der Waals surface area contributed by atoms with E-state index in [0.29, 0.717) is 10.6 Å². The molecular weight excluding hydrogens is 444 g/mol. The molecule has 0 radical (unpaired) electrons. The Bertz CT molecular complexity index is 1130. The fourth-order valence-electron chi connectivity index (χ4n) is 3.81. The average molecular weight is 467 g/mol. The third kappa shape index (κ3) is 5.06. The Morgan fingerprint density at radius 2 is 1.85 bits per heavy atom. The normalized spacial score (nSPS) is 17.2.